The van der Waals surface area contributed by atoms with Gasteiger partial charge in [-0.15, -0.1) is 23.5 Å². The SMILES string of the molecule is CSc1cccc(-c2cccc(C3(c4cccc(-c5cccc(SC)c5)n4)OCCO3)n2)c1. The zero-order chi connectivity index (χ0) is 22.7. The number of rotatable bonds is 6. The Morgan fingerprint density at radius 1 is 0.636 bits per heavy atom. The number of pyridine rings is 2. The summed E-state index contributed by atoms with van der Waals surface area (Å²) in [4.78, 5) is 12.3. The maximum atomic E-state index is 6.23. The molecule has 0 atom stereocenters. The first-order chi connectivity index (χ1) is 16.2. The van der Waals surface area contributed by atoms with E-state index in [1.807, 2.05) is 36.4 Å². The van der Waals surface area contributed by atoms with Gasteiger partial charge >= 0.3 is 0 Å². The van der Waals surface area contributed by atoms with Gasteiger partial charge in [-0.1, -0.05) is 36.4 Å². The quantitative estimate of drug-likeness (QED) is 0.298. The van der Waals surface area contributed by atoms with E-state index < -0.39 is 5.79 Å². The van der Waals surface area contributed by atoms with E-state index in [4.69, 9.17) is 19.4 Å². The summed E-state index contributed by atoms with van der Waals surface area (Å²) in [7, 11) is 0. The lowest BCUT2D eigenvalue weighted by molar-refractivity contribution is -0.135. The normalized spacial score (nSPS) is 15.0. The van der Waals surface area contributed by atoms with E-state index in [-0.39, 0.29) is 0 Å². The number of ether oxygens (including phenoxy) is 2. The van der Waals surface area contributed by atoms with Gasteiger partial charge in [0.25, 0.3) is 5.79 Å². The Hall–Kier alpha value is -2.64. The Labute approximate surface area is 202 Å². The summed E-state index contributed by atoms with van der Waals surface area (Å²) in [5, 5.41) is 0. The first-order valence-corrected chi connectivity index (χ1v) is 13.2. The second kappa shape index (κ2) is 9.69. The lowest BCUT2D eigenvalue weighted by Gasteiger charge is -2.27. The van der Waals surface area contributed by atoms with Crippen LogP contribution in [-0.2, 0) is 15.3 Å². The Bertz CT molecular complexity index is 1180. The molecular weight excluding hydrogens is 448 g/mol. The van der Waals surface area contributed by atoms with Gasteiger partial charge in [-0.05, 0) is 61.0 Å². The van der Waals surface area contributed by atoms with E-state index in [1.54, 1.807) is 23.5 Å². The minimum absolute atomic E-state index is 0.488. The van der Waals surface area contributed by atoms with Crippen molar-refractivity contribution < 1.29 is 9.47 Å². The topological polar surface area (TPSA) is 44.2 Å². The van der Waals surface area contributed by atoms with Crippen molar-refractivity contribution in [2.75, 3.05) is 25.7 Å². The molecule has 2 aromatic heterocycles. The summed E-state index contributed by atoms with van der Waals surface area (Å²) < 4.78 is 12.5. The van der Waals surface area contributed by atoms with Crippen molar-refractivity contribution >= 4 is 23.5 Å². The van der Waals surface area contributed by atoms with Crippen LogP contribution in [-0.4, -0.2) is 35.7 Å². The highest BCUT2D eigenvalue weighted by atomic mass is 32.2. The van der Waals surface area contributed by atoms with E-state index >= 15 is 0 Å². The summed E-state index contributed by atoms with van der Waals surface area (Å²) in [6.07, 6.45) is 4.15. The summed E-state index contributed by atoms with van der Waals surface area (Å²) >= 11 is 3.43. The van der Waals surface area contributed by atoms with E-state index in [9.17, 15) is 0 Å². The maximum absolute atomic E-state index is 6.23. The minimum Gasteiger partial charge on any atom is -0.337 e. The smallest absolute Gasteiger partial charge is 0.257 e. The van der Waals surface area contributed by atoms with Crippen LogP contribution in [0.25, 0.3) is 22.5 Å². The van der Waals surface area contributed by atoms with Gasteiger partial charge in [0.1, 0.15) is 11.4 Å². The fraction of sp³-hybridized carbons (Fsp3) is 0.185. The molecule has 0 saturated carbocycles. The average Bonchev–Trinajstić information content (AvgIpc) is 3.40. The number of benzene rings is 2. The van der Waals surface area contributed by atoms with Gasteiger partial charge < -0.3 is 9.47 Å². The molecule has 1 fully saturated rings. The van der Waals surface area contributed by atoms with Crippen molar-refractivity contribution in [3.63, 3.8) is 0 Å². The first kappa shape index (κ1) is 22.2. The third-order valence-electron chi connectivity index (χ3n) is 5.60. The van der Waals surface area contributed by atoms with Crippen LogP contribution in [0.4, 0.5) is 0 Å². The molecule has 166 valence electrons. The molecule has 0 aliphatic carbocycles. The van der Waals surface area contributed by atoms with Crippen LogP contribution in [0.3, 0.4) is 0 Å². The Kier molecular flexibility index (Phi) is 6.51. The molecule has 0 radical (unpaired) electrons. The van der Waals surface area contributed by atoms with Crippen LogP contribution in [0.15, 0.2) is 94.7 Å². The van der Waals surface area contributed by atoms with Crippen molar-refractivity contribution in [3.05, 3.63) is 96.3 Å². The molecule has 4 nitrogen and oxygen atoms in total. The van der Waals surface area contributed by atoms with Gasteiger partial charge in [0.2, 0.25) is 0 Å². The Balaban J connectivity index is 1.58. The zero-order valence-electron chi connectivity index (χ0n) is 18.5. The number of thioether (sulfide) groups is 2. The lowest BCUT2D eigenvalue weighted by Crippen LogP contribution is -2.31. The molecule has 5 rings (SSSR count). The molecule has 0 amide bonds. The van der Waals surface area contributed by atoms with Crippen LogP contribution in [0.2, 0.25) is 0 Å². The predicted molar refractivity (Wildman–Crippen MR) is 136 cm³/mol. The number of aromatic nitrogens is 2. The maximum Gasteiger partial charge on any atom is 0.257 e. The highest BCUT2D eigenvalue weighted by Gasteiger charge is 2.44. The van der Waals surface area contributed by atoms with Gasteiger partial charge in [0.05, 0.1) is 24.6 Å². The highest BCUT2D eigenvalue weighted by Crippen LogP contribution is 2.38. The molecule has 2 aromatic carbocycles. The molecule has 6 heteroatoms. The molecule has 3 heterocycles. The lowest BCUT2D eigenvalue weighted by atomic mass is 10.0. The van der Waals surface area contributed by atoms with Gasteiger partial charge in [0.15, 0.2) is 0 Å². The third kappa shape index (κ3) is 4.44. The molecule has 4 aromatic rings. The number of hydrogen-bond acceptors (Lipinski definition) is 6. The summed E-state index contributed by atoms with van der Waals surface area (Å²) in [5.74, 6) is -1.12. The molecule has 33 heavy (non-hydrogen) atoms. The van der Waals surface area contributed by atoms with Crippen molar-refractivity contribution in [2.24, 2.45) is 0 Å². The van der Waals surface area contributed by atoms with E-state index in [2.05, 4.69) is 61.0 Å². The van der Waals surface area contributed by atoms with Crippen molar-refractivity contribution in [1.82, 2.24) is 9.97 Å². The van der Waals surface area contributed by atoms with Crippen LogP contribution >= 0.6 is 23.5 Å². The van der Waals surface area contributed by atoms with Crippen molar-refractivity contribution in [2.45, 2.75) is 15.6 Å². The number of hydrogen-bond donors (Lipinski definition) is 0. The average molecular weight is 473 g/mol. The molecule has 0 bridgehead atoms. The standard InChI is InChI=1S/C27H24N2O2S2/c1-32-21-9-3-7-19(17-21)23-11-5-13-25(28-23)27(30-15-16-31-27)26-14-6-12-24(29-26)20-8-4-10-22(18-20)33-2/h3-14,17-18H,15-16H2,1-2H3. The van der Waals surface area contributed by atoms with E-state index in [0.29, 0.717) is 24.6 Å². The van der Waals surface area contributed by atoms with Crippen molar-refractivity contribution in [1.29, 1.82) is 0 Å². The molecule has 0 N–H and O–H groups in total. The molecule has 0 spiro atoms. The summed E-state index contributed by atoms with van der Waals surface area (Å²) in [5.41, 5.74) is 5.29. The Morgan fingerprint density at radius 3 is 1.55 bits per heavy atom. The summed E-state index contributed by atoms with van der Waals surface area (Å²) in [6.45, 7) is 0.976. The monoisotopic (exact) mass is 472 g/mol. The van der Waals surface area contributed by atoms with E-state index in [0.717, 1.165) is 22.5 Å². The molecule has 1 saturated heterocycles. The van der Waals surface area contributed by atoms with Crippen molar-refractivity contribution in [3.8, 4) is 22.5 Å². The second-order valence-electron chi connectivity index (χ2n) is 7.59. The van der Waals surface area contributed by atoms with Crippen LogP contribution in [0.5, 0.6) is 0 Å². The molecule has 0 unspecified atom stereocenters. The minimum atomic E-state index is -1.12. The van der Waals surface area contributed by atoms with Crippen LogP contribution in [0.1, 0.15) is 11.4 Å². The van der Waals surface area contributed by atoms with Crippen LogP contribution in [0, 0.1) is 0 Å². The number of nitrogens with zero attached hydrogens (tertiary/aromatic N) is 2. The fourth-order valence-corrected chi connectivity index (χ4v) is 4.88. The molecule has 1 aliphatic heterocycles. The highest BCUT2D eigenvalue weighted by molar-refractivity contribution is 7.98. The van der Waals surface area contributed by atoms with Gasteiger partial charge in [-0.25, -0.2) is 9.97 Å². The second-order valence-corrected chi connectivity index (χ2v) is 9.35. The van der Waals surface area contributed by atoms with Gasteiger partial charge in [-0.2, -0.15) is 0 Å². The molecule has 1 aliphatic rings. The zero-order valence-corrected chi connectivity index (χ0v) is 20.2. The Morgan fingerprint density at radius 2 is 1.09 bits per heavy atom. The first-order valence-electron chi connectivity index (χ1n) is 10.7. The van der Waals surface area contributed by atoms with E-state index in [1.165, 1.54) is 9.79 Å². The summed E-state index contributed by atoms with van der Waals surface area (Å²) in [6, 6.07) is 28.7. The third-order valence-corrected chi connectivity index (χ3v) is 7.05. The largest absolute Gasteiger partial charge is 0.337 e. The van der Waals surface area contributed by atoms with Gasteiger partial charge in [0, 0.05) is 20.9 Å². The fourth-order valence-electron chi connectivity index (χ4n) is 3.96. The predicted octanol–water partition coefficient (Wildman–Crippen LogP) is 6.50. The molecular formula is C27H24N2O2S2. The van der Waals surface area contributed by atoms with Gasteiger partial charge in [-0.3, -0.25) is 0 Å². The van der Waals surface area contributed by atoms with Crippen LogP contribution < -0.4 is 0 Å².